The van der Waals surface area contributed by atoms with Gasteiger partial charge in [-0.15, -0.1) is 0 Å². The lowest BCUT2D eigenvalue weighted by molar-refractivity contribution is 0.0933. The first kappa shape index (κ1) is 16.7. The number of nitrogens with one attached hydrogen (secondary N) is 1. The SMILES string of the molecule is CCc1cc(-c2cccc(F)c2)nc2c(C(=O)N[C@@H](C)C3CC3)ncn12. The van der Waals surface area contributed by atoms with Crippen LogP contribution in [-0.2, 0) is 6.42 Å². The van der Waals surface area contributed by atoms with Crippen LogP contribution in [0, 0.1) is 11.7 Å². The molecule has 3 aromatic rings. The summed E-state index contributed by atoms with van der Waals surface area (Å²) in [6, 6.07) is 8.37. The largest absolute Gasteiger partial charge is 0.348 e. The lowest BCUT2D eigenvalue weighted by atomic mass is 10.1. The Bertz CT molecular complexity index is 977. The van der Waals surface area contributed by atoms with Gasteiger partial charge in [-0.25, -0.2) is 14.4 Å². The van der Waals surface area contributed by atoms with Gasteiger partial charge in [0.05, 0.1) is 5.69 Å². The molecule has 2 aromatic heterocycles. The summed E-state index contributed by atoms with van der Waals surface area (Å²) in [5.41, 5.74) is 3.10. The van der Waals surface area contributed by atoms with Gasteiger partial charge in [-0.2, -0.15) is 0 Å². The van der Waals surface area contributed by atoms with Gasteiger partial charge in [0, 0.05) is 17.3 Å². The Kier molecular flexibility index (Phi) is 4.18. The molecule has 1 fully saturated rings. The number of carbonyl (C=O) groups excluding carboxylic acids is 1. The van der Waals surface area contributed by atoms with Crippen molar-refractivity contribution in [2.75, 3.05) is 0 Å². The number of imidazole rings is 1. The smallest absolute Gasteiger partial charge is 0.274 e. The summed E-state index contributed by atoms with van der Waals surface area (Å²) < 4.78 is 15.4. The van der Waals surface area contributed by atoms with Gasteiger partial charge in [0.1, 0.15) is 12.1 Å². The minimum absolute atomic E-state index is 0.135. The maximum absolute atomic E-state index is 13.6. The fourth-order valence-electron chi connectivity index (χ4n) is 3.25. The quantitative estimate of drug-likeness (QED) is 0.763. The molecule has 1 amide bonds. The third-order valence-corrected chi connectivity index (χ3v) is 4.97. The lowest BCUT2D eigenvalue weighted by Gasteiger charge is -2.12. The van der Waals surface area contributed by atoms with Gasteiger partial charge in [-0.1, -0.05) is 19.1 Å². The van der Waals surface area contributed by atoms with Crippen molar-refractivity contribution in [3.63, 3.8) is 0 Å². The van der Waals surface area contributed by atoms with Crippen molar-refractivity contribution in [2.24, 2.45) is 5.92 Å². The highest BCUT2D eigenvalue weighted by Crippen LogP contribution is 2.32. The lowest BCUT2D eigenvalue weighted by Crippen LogP contribution is -2.34. The molecule has 1 saturated carbocycles. The van der Waals surface area contributed by atoms with Crippen LogP contribution in [0.5, 0.6) is 0 Å². The molecule has 0 bridgehead atoms. The van der Waals surface area contributed by atoms with E-state index >= 15 is 0 Å². The van der Waals surface area contributed by atoms with E-state index in [0.29, 0.717) is 28.5 Å². The summed E-state index contributed by atoms with van der Waals surface area (Å²) >= 11 is 0. The van der Waals surface area contributed by atoms with Gasteiger partial charge in [0.2, 0.25) is 0 Å². The molecule has 1 aliphatic carbocycles. The Morgan fingerprint density at radius 3 is 2.88 bits per heavy atom. The number of rotatable bonds is 5. The molecule has 0 aliphatic heterocycles. The molecular formula is C20H21FN4O. The Hall–Kier alpha value is -2.76. The van der Waals surface area contributed by atoms with E-state index in [1.165, 1.54) is 12.1 Å². The predicted molar refractivity (Wildman–Crippen MR) is 97.4 cm³/mol. The van der Waals surface area contributed by atoms with Crippen LogP contribution < -0.4 is 5.32 Å². The van der Waals surface area contributed by atoms with E-state index in [2.05, 4.69) is 15.3 Å². The van der Waals surface area contributed by atoms with Gasteiger partial charge in [-0.05, 0) is 50.3 Å². The first-order valence-corrected chi connectivity index (χ1v) is 9.00. The van der Waals surface area contributed by atoms with Crippen molar-refractivity contribution in [1.29, 1.82) is 0 Å². The zero-order valence-corrected chi connectivity index (χ0v) is 14.9. The molecule has 4 rings (SSSR count). The van der Waals surface area contributed by atoms with E-state index in [0.717, 1.165) is 25.0 Å². The van der Waals surface area contributed by atoms with Gasteiger partial charge < -0.3 is 5.32 Å². The number of fused-ring (bicyclic) bond motifs is 1. The van der Waals surface area contributed by atoms with Crippen LogP contribution in [0.4, 0.5) is 4.39 Å². The third kappa shape index (κ3) is 3.07. The van der Waals surface area contributed by atoms with E-state index in [-0.39, 0.29) is 17.8 Å². The fourth-order valence-corrected chi connectivity index (χ4v) is 3.25. The Balaban J connectivity index is 1.77. The number of nitrogens with zero attached hydrogens (tertiary/aromatic N) is 3. The van der Waals surface area contributed by atoms with Crippen molar-refractivity contribution < 1.29 is 9.18 Å². The molecule has 2 heterocycles. The number of halogens is 1. The monoisotopic (exact) mass is 352 g/mol. The maximum Gasteiger partial charge on any atom is 0.274 e. The van der Waals surface area contributed by atoms with Crippen LogP contribution >= 0.6 is 0 Å². The molecule has 26 heavy (non-hydrogen) atoms. The number of hydrogen-bond donors (Lipinski definition) is 1. The number of amides is 1. The highest BCUT2D eigenvalue weighted by molar-refractivity contribution is 5.98. The Labute approximate surface area is 151 Å². The van der Waals surface area contributed by atoms with Crippen molar-refractivity contribution in [2.45, 2.75) is 39.2 Å². The Morgan fingerprint density at radius 1 is 1.38 bits per heavy atom. The molecule has 0 spiro atoms. The average molecular weight is 352 g/mol. The predicted octanol–water partition coefficient (Wildman–Crippen LogP) is 3.63. The summed E-state index contributed by atoms with van der Waals surface area (Å²) in [6.07, 6.45) is 4.70. The van der Waals surface area contributed by atoms with E-state index in [4.69, 9.17) is 0 Å². The van der Waals surface area contributed by atoms with Gasteiger partial charge >= 0.3 is 0 Å². The summed E-state index contributed by atoms with van der Waals surface area (Å²) in [5.74, 6) is 0.0413. The number of hydrogen-bond acceptors (Lipinski definition) is 3. The second-order valence-corrected chi connectivity index (χ2v) is 6.88. The summed E-state index contributed by atoms with van der Waals surface area (Å²) in [4.78, 5) is 21.6. The first-order chi connectivity index (χ1) is 12.6. The second-order valence-electron chi connectivity index (χ2n) is 6.88. The van der Waals surface area contributed by atoms with Crippen LogP contribution in [0.25, 0.3) is 16.9 Å². The van der Waals surface area contributed by atoms with E-state index in [1.807, 2.05) is 30.4 Å². The second kappa shape index (κ2) is 6.52. The normalized spacial score (nSPS) is 15.2. The molecule has 1 aromatic carbocycles. The standard InChI is InChI=1S/C20H21FN4O/c1-3-16-10-17(14-5-4-6-15(21)9-14)24-19-18(22-11-25(16)19)20(26)23-12(2)13-7-8-13/h4-6,9-13H,3,7-8H2,1-2H3,(H,23,26)/t12-/m0/s1. The van der Waals surface area contributed by atoms with E-state index in [9.17, 15) is 9.18 Å². The fraction of sp³-hybridized carbons (Fsp3) is 0.350. The van der Waals surface area contributed by atoms with Crippen molar-refractivity contribution in [3.05, 3.63) is 53.9 Å². The Morgan fingerprint density at radius 2 is 2.19 bits per heavy atom. The van der Waals surface area contributed by atoms with Crippen LogP contribution in [0.2, 0.25) is 0 Å². The number of carbonyl (C=O) groups is 1. The molecule has 1 aliphatic rings. The number of benzene rings is 1. The highest BCUT2D eigenvalue weighted by Gasteiger charge is 2.30. The zero-order valence-electron chi connectivity index (χ0n) is 14.9. The molecule has 1 atom stereocenters. The zero-order chi connectivity index (χ0) is 18.3. The average Bonchev–Trinajstić information content (AvgIpc) is 3.40. The third-order valence-electron chi connectivity index (χ3n) is 4.97. The molecule has 5 nitrogen and oxygen atoms in total. The summed E-state index contributed by atoms with van der Waals surface area (Å²) in [5, 5.41) is 3.03. The molecule has 1 N–H and O–H groups in total. The van der Waals surface area contributed by atoms with E-state index in [1.54, 1.807) is 12.4 Å². The van der Waals surface area contributed by atoms with E-state index < -0.39 is 0 Å². The van der Waals surface area contributed by atoms with Gasteiger partial charge in [0.25, 0.3) is 5.91 Å². The summed E-state index contributed by atoms with van der Waals surface area (Å²) in [6.45, 7) is 4.05. The summed E-state index contributed by atoms with van der Waals surface area (Å²) in [7, 11) is 0. The molecule has 0 saturated heterocycles. The van der Waals surface area contributed by atoms with Crippen LogP contribution in [0.3, 0.4) is 0 Å². The number of aromatic nitrogens is 3. The molecular weight excluding hydrogens is 331 g/mol. The minimum atomic E-state index is -0.313. The van der Waals surface area contributed by atoms with Crippen LogP contribution in [-0.4, -0.2) is 26.3 Å². The first-order valence-electron chi connectivity index (χ1n) is 9.00. The molecule has 6 heteroatoms. The molecule has 0 radical (unpaired) electrons. The van der Waals surface area contributed by atoms with Crippen molar-refractivity contribution >= 4 is 11.6 Å². The number of aryl methyl sites for hydroxylation is 1. The highest BCUT2D eigenvalue weighted by atomic mass is 19.1. The maximum atomic E-state index is 13.6. The van der Waals surface area contributed by atoms with Crippen molar-refractivity contribution in [1.82, 2.24) is 19.7 Å². The van der Waals surface area contributed by atoms with Crippen molar-refractivity contribution in [3.8, 4) is 11.3 Å². The van der Waals surface area contributed by atoms with Gasteiger partial charge in [0.15, 0.2) is 11.3 Å². The van der Waals surface area contributed by atoms with Crippen LogP contribution in [0.15, 0.2) is 36.7 Å². The van der Waals surface area contributed by atoms with Crippen LogP contribution in [0.1, 0.15) is 42.9 Å². The molecule has 134 valence electrons. The molecule has 0 unspecified atom stereocenters. The topological polar surface area (TPSA) is 59.3 Å². The minimum Gasteiger partial charge on any atom is -0.348 e. The van der Waals surface area contributed by atoms with Gasteiger partial charge in [-0.3, -0.25) is 9.20 Å².